The van der Waals surface area contributed by atoms with E-state index in [0.717, 1.165) is 29.8 Å². The van der Waals surface area contributed by atoms with Crippen LogP contribution in [-0.2, 0) is 4.79 Å². The van der Waals surface area contributed by atoms with Gasteiger partial charge in [0.2, 0.25) is 11.1 Å². The van der Waals surface area contributed by atoms with Crippen LogP contribution in [0.3, 0.4) is 0 Å². The Hall–Kier alpha value is -1.89. The zero-order chi connectivity index (χ0) is 18.9. The lowest BCUT2D eigenvalue weighted by atomic mass is 9.99. The molecule has 0 aliphatic heterocycles. The molecule has 7 heteroatoms. The molecular formula is C19H29N5OS. The number of nitrogens with zero attached hydrogens (tertiary/aromatic N) is 4. The molecule has 0 spiro atoms. The number of benzene rings is 1. The zero-order valence-electron chi connectivity index (χ0n) is 16.2. The first-order valence-electron chi connectivity index (χ1n) is 9.30. The molecule has 1 heterocycles. The van der Waals surface area contributed by atoms with Gasteiger partial charge in [0.25, 0.3) is 0 Å². The van der Waals surface area contributed by atoms with Crippen molar-refractivity contribution >= 4 is 17.7 Å². The van der Waals surface area contributed by atoms with Gasteiger partial charge in [-0.15, -0.1) is 5.10 Å². The first-order valence-corrected chi connectivity index (χ1v) is 10.3. The van der Waals surface area contributed by atoms with Gasteiger partial charge in [-0.05, 0) is 59.9 Å². The van der Waals surface area contributed by atoms with Gasteiger partial charge in [-0.25, -0.2) is 0 Å². The van der Waals surface area contributed by atoms with Crippen LogP contribution in [0.4, 0.5) is 0 Å². The highest BCUT2D eigenvalue weighted by Gasteiger charge is 2.13. The van der Waals surface area contributed by atoms with Crippen molar-refractivity contribution < 1.29 is 4.79 Å². The summed E-state index contributed by atoms with van der Waals surface area (Å²) in [7, 11) is 0. The van der Waals surface area contributed by atoms with Crippen LogP contribution in [0.1, 0.15) is 50.7 Å². The van der Waals surface area contributed by atoms with Crippen LogP contribution in [0.25, 0.3) is 5.69 Å². The molecule has 142 valence electrons. The monoisotopic (exact) mass is 375 g/mol. The smallest absolute Gasteiger partial charge is 0.230 e. The largest absolute Gasteiger partial charge is 0.355 e. The second-order valence-corrected chi connectivity index (χ2v) is 7.67. The summed E-state index contributed by atoms with van der Waals surface area (Å²) in [6, 6.07) is 6.18. The maximum Gasteiger partial charge on any atom is 0.230 e. The first kappa shape index (κ1) is 20.4. The molecular weight excluding hydrogens is 346 g/mol. The average molecular weight is 376 g/mol. The zero-order valence-corrected chi connectivity index (χ0v) is 17.0. The summed E-state index contributed by atoms with van der Waals surface area (Å²) >= 11 is 1.36. The SMILES string of the molecule is CCCC[C@H](CC)CNC(=O)CSc1nnnn1-c1cc(C)cc(C)c1. The van der Waals surface area contributed by atoms with E-state index >= 15 is 0 Å². The van der Waals surface area contributed by atoms with Gasteiger partial charge in [-0.2, -0.15) is 4.68 Å². The fraction of sp³-hybridized carbons (Fsp3) is 0.579. The van der Waals surface area contributed by atoms with E-state index in [1.54, 1.807) is 4.68 Å². The first-order chi connectivity index (χ1) is 12.5. The number of hydrogen-bond acceptors (Lipinski definition) is 5. The third kappa shape index (κ3) is 6.12. The van der Waals surface area contributed by atoms with E-state index in [2.05, 4.69) is 40.8 Å². The molecule has 0 fully saturated rings. The number of rotatable bonds is 10. The Kier molecular flexibility index (Phi) is 8.09. The lowest BCUT2D eigenvalue weighted by molar-refractivity contribution is -0.118. The van der Waals surface area contributed by atoms with E-state index in [0.29, 0.717) is 16.8 Å². The summed E-state index contributed by atoms with van der Waals surface area (Å²) < 4.78 is 1.69. The predicted molar refractivity (Wildman–Crippen MR) is 106 cm³/mol. The van der Waals surface area contributed by atoms with Gasteiger partial charge in [-0.3, -0.25) is 4.79 Å². The van der Waals surface area contributed by atoms with E-state index in [9.17, 15) is 4.79 Å². The van der Waals surface area contributed by atoms with Crippen LogP contribution in [-0.4, -0.2) is 38.4 Å². The van der Waals surface area contributed by atoms with Crippen LogP contribution in [0.15, 0.2) is 23.4 Å². The third-order valence-corrected chi connectivity index (χ3v) is 5.27. The van der Waals surface area contributed by atoms with Crippen molar-refractivity contribution in [3.8, 4) is 5.69 Å². The number of hydrogen-bond donors (Lipinski definition) is 1. The lowest BCUT2D eigenvalue weighted by Crippen LogP contribution is -2.30. The molecule has 1 aromatic carbocycles. The highest BCUT2D eigenvalue weighted by molar-refractivity contribution is 7.99. The molecule has 0 radical (unpaired) electrons. The molecule has 1 aromatic heterocycles. The fourth-order valence-corrected chi connectivity index (χ4v) is 3.61. The Morgan fingerprint density at radius 2 is 1.96 bits per heavy atom. The predicted octanol–water partition coefficient (Wildman–Crippen LogP) is 3.70. The van der Waals surface area contributed by atoms with Crippen molar-refractivity contribution in [2.24, 2.45) is 5.92 Å². The summed E-state index contributed by atoms with van der Waals surface area (Å²) in [6.07, 6.45) is 4.68. The van der Waals surface area contributed by atoms with Gasteiger partial charge < -0.3 is 5.32 Å². The van der Waals surface area contributed by atoms with Crippen LogP contribution in [0.5, 0.6) is 0 Å². The molecule has 6 nitrogen and oxygen atoms in total. The second kappa shape index (κ2) is 10.3. The van der Waals surface area contributed by atoms with Crippen molar-refractivity contribution in [2.75, 3.05) is 12.3 Å². The Labute approximate surface area is 160 Å². The maximum absolute atomic E-state index is 12.2. The molecule has 0 aliphatic rings. The number of aromatic nitrogens is 4. The van der Waals surface area contributed by atoms with Crippen molar-refractivity contribution in [1.82, 2.24) is 25.5 Å². The van der Waals surface area contributed by atoms with Crippen molar-refractivity contribution in [3.63, 3.8) is 0 Å². The van der Waals surface area contributed by atoms with E-state index in [-0.39, 0.29) is 5.91 Å². The normalized spacial score (nSPS) is 12.2. The van der Waals surface area contributed by atoms with Crippen molar-refractivity contribution in [3.05, 3.63) is 29.3 Å². The standard InChI is InChI=1S/C19H29N5OS/c1-5-7-8-16(6-2)12-20-18(25)13-26-19-21-22-23-24(19)17-10-14(3)9-15(4)11-17/h9-11,16H,5-8,12-13H2,1-4H3,(H,20,25)/t16-/m0/s1. The number of tetrazole rings is 1. The number of thioether (sulfide) groups is 1. The van der Waals surface area contributed by atoms with Crippen LogP contribution < -0.4 is 5.32 Å². The quantitative estimate of drug-likeness (QED) is 0.641. The molecule has 1 atom stereocenters. The molecule has 2 rings (SSSR count). The highest BCUT2D eigenvalue weighted by atomic mass is 32.2. The topological polar surface area (TPSA) is 72.7 Å². The van der Waals surface area contributed by atoms with Gasteiger partial charge in [0.05, 0.1) is 11.4 Å². The number of amides is 1. The van der Waals surface area contributed by atoms with Gasteiger partial charge in [0.15, 0.2) is 0 Å². The Bertz CT molecular complexity index is 695. The van der Waals surface area contributed by atoms with Crippen molar-refractivity contribution in [2.45, 2.75) is 58.5 Å². The number of carbonyl (C=O) groups is 1. The summed E-state index contributed by atoms with van der Waals surface area (Å²) in [4.78, 5) is 12.2. The molecule has 0 aliphatic carbocycles. The molecule has 0 saturated heterocycles. The lowest BCUT2D eigenvalue weighted by Gasteiger charge is -2.15. The van der Waals surface area contributed by atoms with E-state index in [4.69, 9.17) is 0 Å². The van der Waals surface area contributed by atoms with E-state index in [1.807, 2.05) is 26.0 Å². The van der Waals surface area contributed by atoms with Gasteiger partial charge in [0.1, 0.15) is 0 Å². The van der Waals surface area contributed by atoms with Crippen molar-refractivity contribution in [1.29, 1.82) is 0 Å². The molecule has 26 heavy (non-hydrogen) atoms. The minimum atomic E-state index is 0.0277. The van der Waals surface area contributed by atoms with Crippen LogP contribution in [0, 0.1) is 19.8 Å². The summed E-state index contributed by atoms with van der Waals surface area (Å²) in [6.45, 7) is 9.21. The molecule has 0 unspecified atom stereocenters. The van der Waals surface area contributed by atoms with E-state index in [1.165, 1.54) is 31.0 Å². The highest BCUT2D eigenvalue weighted by Crippen LogP contribution is 2.20. The average Bonchev–Trinajstić information content (AvgIpc) is 3.08. The number of carbonyl (C=O) groups excluding carboxylic acids is 1. The van der Waals surface area contributed by atoms with Gasteiger partial charge in [0, 0.05) is 6.54 Å². The number of unbranched alkanes of at least 4 members (excludes halogenated alkanes) is 1. The fourth-order valence-electron chi connectivity index (χ4n) is 2.89. The minimum Gasteiger partial charge on any atom is -0.355 e. The Morgan fingerprint density at radius 1 is 1.23 bits per heavy atom. The van der Waals surface area contributed by atoms with Crippen LogP contribution >= 0.6 is 11.8 Å². The molecule has 1 amide bonds. The third-order valence-electron chi connectivity index (χ3n) is 4.36. The summed E-state index contributed by atoms with van der Waals surface area (Å²) in [5.74, 6) is 0.902. The number of aryl methyl sites for hydroxylation is 2. The summed E-state index contributed by atoms with van der Waals surface area (Å²) in [5.41, 5.74) is 3.23. The summed E-state index contributed by atoms with van der Waals surface area (Å²) in [5, 5.41) is 15.6. The van der Waals surface area contributed by atoms with Gasteiger partial charge in [-0.1, -0.05) is 50.9 Å². The Morgan fingerprint density at radius 3 is 2.62 bits per heavy atom. The minimum absolute atomic E-state index is 0.0277. The Balaban J connectivity index is 1.90. The molecule has 0 bridgehead atoms. The van der Waals surface area contributed by atoms with Gasteiger partial charge >= 0.3 is 0 Å². The molecule has 2 aromatic rings. The number of nitrogens with one attached hydrogen (secondary N) is 1. The molecule has 0 saturated carbocycles. The maximum atomic E-state index is 12.2. The van der Waals surface area contributed by atoms with E-state index < -0.39 is 0 Å². The second-order valence-electron chi connectivity index (χ2n) is 6.73. The van der Waals surface area contributed by atoms with Crippen LogP contribution in [0.2, 0.25) is 0 Å². The molecule has 1 N–H and O–H groups in total.